The highest BCUT2D eigenvalue weighted by Gasteiger charge is 2.34. The van der Waals surface area contributed by atoms with E-state index in [1.54, 1.807) is 0 Å². The zero-order valence-corrected chi connectivity index (χ0v) is 43.7. The van der Waals surface area contributed by atoms with Gasteiger partial charge in [0.25, 0.3) is 0 Å². The van der Waals surface area contributed by atoms with Crippen LogP contribution in [0.2, 0.25) is 0 Å². The summed E-state index contributed by atoms with van der Waals surface area (Å²) in [5.41, 5.74) is 17.8. The molecule has 18 rings (SSSR count). The Morgan fingerprint density at radius 1 is 0.237 bits per heavy atom. The summed E-state index contributed by atoms with van der Waals surface area (Å²) in [4.78, 5) is 0. The van der Waals surface area contributed by atoms with E-state index in [0.717, 1.165) is 33.0 Å². The fraction of sp³-hybridized carbons (Fsp3) is 0.0256. The number of aryl methyl sites for hydroxylation is 2. The van der Waals surface area contributed by atoms with Gasteiger partial charge in [0.05, 0.1) is 23.3 Å². The largest absolute Gasteiger partial charge is 0.192 e. The lowest BCUT2D eigenvalue weighted by Gasteiger charge is -2.22. The van der Waals surface area contributed by atoms with E-state index in [2.05, 4.69) is 220 Å². The summed E-state index contributed by atoms with van der Waals surface area (Å²) in [5.74, 6) is 0. The third-order valence-electron chi connectivity index (χ3n) is 18.5. The number of hydrogen-bond donors (Lipinski definition) is 0. The zero-order chi connectivity index (χ0) is 52.8. The minimum atomic E-state index is 0.652. The monoisotopic (exact) mass is 1010 g/mol. The third-order valence-corrected chi connectivity index (χ3v) is 18.5. The van der Waals surface area contributed by atoms with E-state index in [-0.39, 0.29) is 0 Å². The Hall–Kier alpha value is -10.6. The van der Waals surface area contributed by atoms with Crippen LogP contribution in [-0.4, -0.2) is 0 Å². The summed E-state index contributed by atoms with van der Waals surface area (Å²) in [6.07, 6.45) is 0. The Morgan fingerprint density at radius 3 is 1.23 bits per heavy atom. The van der Waals surface area contributed by atoms with Crippen molar-refractivity contribution in [2.24, 2.45) is 0 Å². The fourth-order valence-electron chi connectivity index (χ4n) is 15.5. The Labute approximate surface area is 459 Å². The van der Waals surface area contributed by atoms with Gasteiger partial charge in [0.1, 0.15) is 0 Å². The molecule has 364 valence electrons. The number of rotatable bonds is 4. The van der Waals surface area contributed by atoms with E-state index >= 15 is 0 Å². The Balaban J connectivity index is 1.01. The number of nitrogens with zero attached hydrogens (tertiary/aromatic N) is 2. The molecule has 0 bridgehead atoms. The molecule has 0 aromatic heterocycles. The molecule has 0 spiro atoms. The van der Waals surface area contributed by atoms with Crippen molar-refractivity contribution < 1.29 is 0 Å². The van der Waals surface area contributed by atoms with Gasteiger partial charge in [-0.15, -0.1) is 0 Å². The van der Waals surface area contributed by atoms with Crippen LogP contribution in [0.1, 0.15) is 22.3 Å². The maximum absolute atomic E-state index is 10.1. The average molecular weight is 1010 g/mol. The predicted molar refractivity (Wildman–Crippen MR) is 338 cm³/mol. The molecule has 1 aliphatic carbocycles. The summed E-state index contributed by atoms with van der Waals surface area (Å²) in [5, 5.41) is 48.3. The van der Waals surface area contributed by atoms with Gasteiger partial charge in [0, 0.05) is 0 Å². The van der Waals surface area contributed by atoms with E-state index in [0.29, 0.717) is 11.1 Å². The van der Waals surface area contributed by atoms with Crippen LogP contribution in [-0.2, 0) is 0 Å². The third kappa shape index (κ3) is 5.35. The predicted octanol–water partition coefficient (Wildman–Crippen LogP) is 21.4. The molecule has 0 atom stereocenters. The van der Waals surface area contributed by atoms with Crippen molar-refractivity contribution >= 4 is 118 Å². The smallest absolute Gasteiger partial charge is 0.0991 e. The van der Waals surface area contributed by atoms with E-state index in [1.165, 1.54) is 163 Å². The highest BCUT2D eigenvalue weighted by Crippen LogP contribution is 2.62. The first kappa shape index (κ1) is 43.5. The quantitative estimate of drug-likeness (QED) is 0.130. The molecule has 0 fully saturated rings. The molecule has 17 aromatic carbocycles. The topological polar surface area (TPSA) is 47.6 Å². The number of nitriles is 2. The summed E-state index contributed by atoms with van der Waals surface area (Å²) < 4.78 is 0. The second-order valence-corrected chi connectivity index (χ2v) is 22.3. The SMILES string of the molecule is Cc1cc(C#N)ccc1-c1c2c(c(-c3ccc(C#N)cc3C)c3ccccc13)-c1ccc3c4ccc5c6c(ccc(c7ccc-2c1c73)c46)c1c(-c2ccccc2-c2ccccc2)c2cc3ccccc3c3c4ccccc4c(c51)c23. The van der Waals surface area contributed by atoms with Gasteiger partial charge in [0.15, 0.2) is 0 Å². The molecule has 2 nitrogen and oxygen atoms in total. The second-order valence-electron chi connectivity index (χ2n) is 22.3. The van der Waals surface area contributed by atoms with Crippen molar-refractivity contribution in [3.8, 4) is 78.9 Å². The minimum Gasteiger partial charge on any atom is -0.192 e. The van der Waals surface area contributed by atoms with E-state index in [9.17, 15) is 10.5 Å². The molecule has 1 aliphatic rings. The lowest BCUT2D eigenvalue weighted by molar-refractivity contribution is 1.41. The molecule has 0 N–H and O–H groups in total. The highest BCUT2D eigenvalue weighted by atomic mass is 14.4. The molecule has 0 saturated carbocycles. The molecular weight excluding hydrogens is 965 g/mol. The van der Waals surface area contributed by atoms with Crippen LogP contribution in [0.4, 0.5) is 0 Å². The van der Waals surface area contributed by atoms with Crippen LogP contribution in [0.5, 0.6) is 0 Å². The molecule has 2 heteroatoms. The average Bonchev–Trinajstić information content (AvgIpc) is 4.27. The van der Waals surface area contributed by atoms with Crippen molar-refractivity contribution in [3.63, 3.8) is 0 Å². The standard InChI is InChI=1S/C78H42N2/c1-41-36-43(39-79)24-26-47(41)65-52-20-10-11-21-53(52)66(48-27-25-44(40-80)37-42(48)2)75-61-33-29-57-59-31-35-63-72-62(34-30-58(69(59)72)56-28-32-60(74(65)75)71(61)68(56)57)76-70(51-19-9-8-17-49(51)45-14-4-3-5-15-45)64-38-46-16-6-7-18-50(46)67-54-22-12-13-23-55(54)73(77(63)76)78(64)67/h3-38H,1-2H3. The van der Waals surface area contributed by atoms with Gasteiger partial charge in [0.2, 0.25) is 0 Å². The number of hydrogen-bond acceptors (Lipinski definition) is 2. The number of fused-ring (bicyclic) bond motifs is 15. The van der Waals surface area contributed by atoms with Gasteiger partial charge in [-0.2, -0.15) is 10.5 Å². The van der Waals surface area contributed by atoms with Gasteiger partial charge in [-0.1, -0.05) is 188 Å². The normalized spacial score (nSPS) is 12.3. The summed E-state index contributed by atoms with van der Waals surface area (Å²) in [6.45, 7) is 4.28. The fourth-order valence-corrected chi connectivity index (χ4v) is 15.5. The van der Waals surface area contributed by atoms with E-state index in [1.807, 2.05) is 24.3 Å². The molecule has 80 heavy (non-hydrogen) atoms. The van der Waals surface area contributed by atoms with Crippen LogP contribution in [0.25, 0.3) is 185 Å². The van der Waals surface area contributed by atoms with Crippen molar-refractivity contribution in [2.45, 2.75) is 13.8 Å². The molecule has 0 amide bonds. The van der Waals surface area contributed by atoms with Crippen LogP contribution < -0.4 is 0 Å². The van der Waals surface area contributed by atoms with Crippen molar-refractivity contribution in [2.75, 3.05) is 0 Å². The molecule has 0 saturated heterocycles. The van der Waals surface area contributed by atoms with Crippen LogP contribution in [0.15, 0.2) is 218 Å². The number of benzene rings is 15. The van der Waals surface area contributed by atoms with E-state index in [4.69, 9.17) is 0 Å². The van der Waals surface area contributed by atoms with Crippen LogP contribution in [0, 0.1) is 36.5 Å². The Bertz CT molecular complexity index is 5580. The van der Waals surface area contributed by atoms with Gasteiger partial charge in [-0.05, 0) is 241 Å². The molecular formula is C78H42N2. The lowest BCUT2D eigenvalue weighted by atomic mass is 9.80. The van der Waals surface area contributed by atoms with Gasteiger partial charge >= 0.3 is 0 Å². The summed E-state index contributed by atoms with van der Waals surface area (Å²) in [6, 6.07) is 85.9. The summed E-state index contributed by atoms with van der Waals surface area (Å²) in [7, 11) is 0. The van der Waals surface area contributed by atoms with Crippen molar-refractivity contribution in [1.29, 1.82) is 10.5 Å². The Kier molecular flexibility index (Phi) is 8.43. The first-order chi connectivity index (χ1) is 39.5. The molecule has 17 aromatic rings. The highest BCUT2D eigenvalue weighted by molar-refractivity contribution is 6.53. The zero-order valence-electron chi connectivity index (χ0n) is 43.7. The van der Waals surface area contributed by atoms with Gasteiger partial charge in [-0.25, -0.2) is 0 Å². The lowest BCUT2D eigenvalue weighted by Crippen LogP contribution is -1.96. The first-order valence-electron chi connectivity index (χ1n) is 27.6. The van der Waals surface area contributed by atoms with Gasteiger partial charge in [-0.3, -0.25) is 0 Å². The van der Waals surface area contributed by atoms with E-state index < -0.39 is 0 Å². The Morgan fingerprint density at radius 2 is 0.637 bits per heavy atom. The minimum absolute atomic E-state index is 0.652. The maximum Gasteiger partial charge on any atom is 0.0991 e. The molecule has 0 aliphatic heterocycles. The first-order valence-corrected chi connectivity index (χ1v) is 27.6. The van der Waals surface area contributed by atoms with Crippen LogP contribution >= 0.6 is 0 Å². The summed E-state index contributed by atoms with van der Waals surface area (Å²) >= 11 is 0. The van der Waals surface area contributed by atoms with Crippen molar-refractivity contribution in [3.05, 3.63) is 241 Å². The molecule has 0 unspecified atom stereocenters. The van der Waals surface area contributed by atoms with Gasteiger partial charge < -0.3 is 0 Å². The maximum atomic E-state index is 10.1. The van der Waals surface area contributed by atoms with Crippen LogP contribution in [0.3, 0.4) is 0 Å². The van der Waals surface area contributed by atoms with Crippen molar-refractivity contribution in [1.82, 2.24) is 0 Å². The second kappa shape index (κ2) is 15.5. The molecule has 0 heterocycles. The molecule has 0 radical (unpaired) electrons.